The van der Waals surface area contributed by atoms with Gasteiger partial charge in [-0.15, -0.1) is 0 Å². The average molecular weight is 571 g/mol. The van der Waals surface area contributed by atoms with Crippen molar-refractivity contribution in [3.8, 4) is 0 Å². The number of imide groups is 2. The molecule has 2 aliphatic rings. The smallest absolute Gasteiger partial charge is 0.417 e. The number of cyclic esters (lactones) is 2. The largest absolute Gasteiger partial charge is 0.447 e. The number of hydrogen-bond donors (Lipinski definition) is 0. The number of benzene rings is 3. The van der Waals surface area contributed by atoms with E-state index in [1.807, 2.05) is 60.7 Å². The lowest BCUT2D eigenvalue weighted by Crippen LogP contribution is -2.43. The molecule has 5 rings (SSSR count). The van der Waals surface area contributed by atoms with Crippen LogP contribution in [0, 0.1) is 11.7 Å². The highest BCUT2D eigenvalue weighted by atomic mass is 19.1. The predicted molar refractivity (Wildman–Crippen MR) is 152 cm³/mol. The van der Waals surface area contributed by atoms with E-state index in [4.69, 9.17) is 9.47 Å². The number of halogens is 1. The van der Waals surface area contributed by atoms with Gasteiger partial charge in [-0.2, -0.15) is 0 Å². The van der Waals surface area contributed by atoms with Crippen molar-refractivity contribution in [3.63, 3.8) is 0 Å². The van der Waals surface area contributed by atoms with E-state index < -0.39 is 47.8 Å². The second-order valence-electron chi connectivity index (χ2n) is 10.4. The molecule has 3 aromatic rings. The number of carbonyl (C=O) groups excluding carboxylic acids is 4. The van der Waals surface area contributed by atoms with Crippen molar-refractivity contribution in [1.82, 2.24) is 9.80 Å². The summed E-state index contributed by atoms with van der Waals surface area (Å²) in [6, 6.07) is 23.8. The van der Waals surface area contributed by atoms with Gasteiger partial charge in [-0.25, -0.2) is 23.8 Å². The van der Waals surface area contributed by atoms with Crippen molar-refractivity contribution in [2.45, 2.75) is 37.8 Å². The minimum atomic E-state index is -0.835. The molecule has 2 aliphatic heterocycles. The molecule has 2 heterocycles. The van der Waals surface area contributed by atoms with Crippen molar-refractivity contribution < 1.29 is 33.0 Å². The zero-order valence-corrected chi connectivity index (χ0v) is 22.9. The molecule has 2 saturated heterocycles. The van der Waals surface area contributed by atoms with Gasteiger partial charge in [0, 0.05) is 6.42 Å². The summed E-state index contributed by atoms with van der Waals surface area (Å²) in [6.07, 6.45) is 2.61. The molecule has 3 atom stereocenters. The van der Waals surface area contributed by atoms with E-state index in [0.29, 0.717) is 18.4 Å². The maximum absolute atomic E-state index is 13.8. The van der Waals surface area contributed by atoms with Gasteiger partial charge in [-0.3, -0.25) is 9.59 Å². The summed E-state index contributed by atoms with van der Waals surface area (Å²) in [7, 11) is 0. The van der Waals surface area contributed by atoms with Crippen LogP contribution in [0.4, 0.5) is 14.0 Å². The van der Waals surface area contributed by atoms with Crippen molar-refractivity contribution in [2.24, 2.45) is 5.92 Å². The summed E-state index contributed by atoms with van der Waals surface area (Å²) in [6.45, 7) is 0.180. The number of carbonyl (C=O) groups is 4. The third-order valence-electron chi connectivity index (χ3n) is 7.40. The van der Waals surface area contributed by atoms with Crippen LogP contribution in [0.3, 0.4) is 0 Å². The summed E-state index contributed by atoms with van der Waals surface area (Å²) in [5.41, 5.74) is 2.61. The van der Waals surface area contributed by atoms with E-state index >= 15 is 0 Å². The molecule has 4 amide bonds. The Bertz CT molecular complexity index is 1440. The molecule has 0 spiro atoms. The maximum Gasteiger partial charge on any atom is 0.417 e. The maximum atomic E-state index is 13.8. The lowest BCUT2D eigenvalue weighted by atomic mass is 9.95. The van der Waals surface area contributed by atoms with Crippen LogP contribution in [0.5, 0.6) is 0 Å². The van der Waals surface area contributed by atoms with E-state index in [0.717, 1.165) is 20.9 Å². The fraction of sp³-hybridized carbons (Fsp3) is 0.273. The summed E-state index contributed by atoms with van der Waals surface area (Å²) >= 11 is 0. The Morgan fingerprint density at radius 2 is 1.29 bits per heavy atom. The molecule has 0 radical (unpaired) electrons. The molecule has 0 unspecified atom stereocenters. The Morgan fingerprint density at radius 3 is 1.86 bits per heavy atom. The number of amides is 4. The van der Waals surface area contributed by atoms with Crippen LogP contribution in [0.1, 0.15) is 23.1 Å². The minimum Gasteiger partial charge on any atom is -0.447 e. The molecular weight excluding hydrogens is 539 g/mol. The molecule has 216 valence electrons. The van der Waals surface area contributed by atoms with Crippen molar-refractivity contribution in [3.05, 3.63) is 120 Å². The molecule has 0 saturated carbocycles. The number of rotatable bonds is 10. The van der Waals surface area contributed by atoms with Crippen molar-refractivity contribution in [2.75, 3.05) is 13.2 Å². The zero-order valence-electron chi connectivity index (χ0n) is 22.9. The van der Waals surface area contributed by atoms with Gasteiger partial charge in [-0.1, -0.05) is 84.9 Å². The molecule has 0 aliphatic carbocycles. The van der Waals surface area contributed by atoms with Crippen LogP contribution in [0.25, 0.3) is 0 Å². The molecule has 8 nitrogen and oxygen atoms in total. The van der Waals surface area contributed by atoms with E-state index in [2.05, 4.69) is 0 Å². The van der Waals surface area contributed by atoms with Gasteiger partial charge >= 0.3 is 12.2 Å². The predicted octanol–water partition coefficient (Wildman–Crippen LogP) is 5.11. The minimum absolute atomic E-state index is 0.0742. The van der Waals surface area contributed by atoms with Gasteiger partial charge in [0.2, 0.25) is 11.8 Å². The second kappa shape index (κ2) is 13.2. The third-order valence-corrected chi connectivity index (χ3v) is 7.40. The SMILES string of the molecule is O=C(C/C=C/[C@H](Cc1ccc(F)cc1)C(=O)N1C(=O)OC[C@@H]1Cc1ccccc1)N1C(=O)OC[C@@H]1Cc1ccccc1. The van der Waals surface area contributed by atoms with Crippen molar-refractivity contribution in [1.29, 1.82) is 0 Å². The first-order chi connectivity index (χ1) is 20.4. The molecule has 0 aromatic heterocycles. The Kier molecular flexibility index (Phi) is 9.06. The zero-order chi connectivity index (χ0) is 29.5. The van der Waals surface area contributed by atoms with Crippen molar-refractivity contribution >= 4 is 24.0 Å². The molecule has 0 N–H and O–H groups in total. The molecular formula is C33H31FN2O6. The lowest BCUT2D eigenvalue weighted by molar-refractivity contribution is -0.132. The lowest BCUT2D eigenvalue weighted by Gasteiger charge is -2.24. The molecule has 42 heavy (non-hydrogen) atoms. The van der Waals surface area contributed by atoms with Crippen LogP contribution in [-0.4, -0.2) is 59.1 Å². The van der Waals surface area contributed by atoms with Crippen LogP contribution in [0.15, 0.2) is 97.1 Å². The summed E-state index contributed by atoms with van der Waals surface area (Å²) in [5.74, 6) is -2.17. The first-order valence-corrected chi connectivity index (χ1v) is 13.9. The highest BCUT2D eigenvalue weighted by Crippen LogP contribution is 2.24. The first kappa shape index (κ1) is 28.7. The summed E-state index contributed by atoms with van der Waals surface area (Å²) < 4.78 is 24.0. The van der Waals surface area contributed by atoms with Gasteiger partial charge in [0.05, 0.1) is 18.0 Å². The Labute approximate surface area is 243 Å². The number of nitrogens with zero attached hydrogens (tertiary/aromatic N) is 2. The molecule has 0 bridgehead atoms. The molecule has 3 aromatic carbocycles. The van der Waals surface area contributed by atoms with Gasteiger partial charge in [0.15, 0.2) is 0 Å². The summed E-state index contributed by atoms with van der Waals surface area (Å²) in [5, 5.41) is 0. The Balaban J connectivity index is 1.31. The van der Waals surface area contributed by atoms with E-state index in [1.165, 1.54) is 18.2 Å². The fourth-order valence-corrected chi connectivity index (χ4v) is 5.29. The summed E-state index contributed by atoms with van der Waals surface area (Å²) in [4.78, 5) is 54.3. The van der Waals surface area contributed by atoms with Crippen LogP contribution in [0.2, 0.25) is 0 Å². The van der Waals surface area contributed by atoms with E-state index in [9.17, 15) is 23.6 Å². The Hall–Kier alpha value is -4.79. The van der Waals surface area contributed by atoms with E-state index in [1.54, 1.807) is 18.2 Å². The van der Waals surface area contributed by atoms with Crippen LogP contribution < -0.4 is 0 Å². The monoisotopic (exact) mass is 570 g/mol. The van der Waals surface area contributed by atoms with Gasteiger partial charge in [0.1, 0.15) is 19.0 Å². The standard InChI is InChI=1S/C33H31FN2O6/c34-27-16-14-25(15-17-27)18-26(31(38)36-29(22-42-33(36)40)20-24-10-5-2-6-11-24)12-7-13-30(37)35-28(21-41-32(35)39)19-23-8-3-1-4-9-23/h1-12,14-17,26,28-29H,13,18-22H2/b12-7+/t26-,28+,29+/m1/s1. The molecule has 2 fully saturated rings. The normalized spacial score (nSPS) is 19.2. The van der Waals surface area contributed by atoms with Gasteiger partial charge in [0.25, 0.3) is 0 Å². The highest BCUT2D eigenvalue weighted by Gasteiger charge is 2.40. The quantitative estimate of drug-likeness (QED) is 0.315. The first-order valence-electron chi connectivity index (χ1n) is 13.9. The molecule has 9 heteroatoms. The topological polar surface area (TPSA) is 93.2 Å². The number of hydrogen-bond acceptors (Lipinski definition) is 6. The van der Waals surface area contributed by atoms with Crippen LogP contribution in [-0.2, 0) is 38.3 Å². The fourth-order valence-electron chi connectivity index (χ4n) is 5.29. The third kappa shape index (κ3) is 6.91. The van der Waals surface area contributed by atoms with E-state index in [-0.39, 0.29) is 26.1 Å². The average Bonchev–Trinajstić information content (AvgIpc) is 3.55. The highest BCUT2D eigenvalue weighted by molar-refractivity contribution is 5.96. The second-order valence-corrected chi connectivity index (χ2v) is 10.4. The van der Waals surface area contributed by atoms with Crippen LogP contribution >= 0.6 is 0 Å². The van der Waals surface area contributed by atoms with Gasteiger partial charge < -0.3 is 9.47 Å². The van der Waals surface area contributed by atoms with Gasteiger partial charge in [-0.05, 0) is 48.1 Å². The number of ether oxygens (including phenoxy) is 2. The Morgan fingerprint density at radius 1 is 0.762 bits per heavy atom.